The lowest BCUT2D eigenvalue weighted by molar-refractivity contribution is -0.175. The lowest BCUT2D eigenvalue weighted by atomic mass is 10.1. The first-order chi connectivity index (χ1) is 9.49. The van der Waals surface area contributed by atoms with E-state index in [0.717, 1.165) is 6.07 Å². The van der Waals surface area contributed by atoms with Gasteiger partial charge in [-0.1, -0.05) is 18.2 Å². The Morgan fingerprint density at radius 1 is 1.38 bits per heavy atom. The molecule has 1 aromatic carbocycles. The molecule has 1 aliphatic rings. The smallest absolute Gasteiger partial charge is 0.286 e. The average molecular weight is 342 g/mol. The van der Waals surface area contributed by atoms with Crippen LogP contribution in [0.5, 0.6) is 0 Å². The number of hydrogen-bond donors (Lipinski definition) is 1. The maximum absolute atomic E-state index is 12.8. The molecule has 1 unspecified atom stereocenters. The lowest BCUT2D eigenvalue weighted by Gasteiger charge is -2.22. The fraction of sp³-hybridized carbons (Fsp3) is 0.462. The summed E-state index contributed by atoms with van der Waals surface area (Å²) < 4.78 is 37.2. The normalized spacial score (nSPS) is 23.8. The molecule has 1 fully saturated rings. The third-order valence-corrected chi connectivity index (χ3v) is 4.71. The van der Waals surface area contributed by atoms with Crippen LogP contribution in [0.4, 0.5) is 13.2 Å². The van der Waals surface area contributed by atoms with Crippen LogP contribution in [-0.4, -0.2) is 20.5 Å². The van der Waals surface area contributed by atoms with E-state index in [9.17, 15) is 23.2 Å². The van der Waals surface area contributed by atoms with Gasteiger partial charge in [-0.15, -0.1) is 23.2 Å². The summed E-state index contributed by atoms with van der Waals surface area (Å²) in [6.07, 6.45) is -4.42. The van der Waals surface area contributed by atoms with Crippen LogP contribution in [0.15, 0.2) is 24.3 Å². The van der Waals surface area contributed by atoms with Gasteiger partial charge in [0.25, 0.3) is 5.91 Å². The molecule has 1 aliphatic carbocycles. The minimum atomic E-state index is -4.56. The number of alkyl halides is 5. The molecule has 1 amide bonds. The summed E-state index contributed by atoms with van der Waals surface area (Å²) in [6.45, 7) is 0.863. The third kappa shape index (κ3) is 2.98. The van der Waals surface area contributed by atoms with E-state index in [-0.39, 0.29) is 17.0 Å². The monoisotopic (exact) mass is 341 g/mol. The van der Waals surface area contributed by atoms with Crippen LogP contribution in [0.1, 0.15) is 24.5 Å². The Bertz CT molecular complexity index is 577. The SMILES string of the molecule is CC1(C(=O)N(O)Cc2ccccc2C(F)(F)F)CC1(Cl)Cl. The molecule has 8 heteroatoms. The molecule has 2 rings (SSSR count). The Balaban J connectivity index is 2.18. The number of hydroxylamine groups is 2. The van der Waals surface area contributed by atoms with E-state index in [1.54, 1.807) is 0 Å². The van der Waals surface area contributed by atoms with E-state index in [0.29, 0.717) is 0 Å². The van der Waals surface area contributed by atoms with Crippen molar-refractivity contribution in [1.29, 1.82) is 0 Å². The fourth-order valence-corrected chi connectivity index (χ4v) is 2.78. The average Bonchev–Trinajstić information content (AvgIpc) is 2.88. The van der Waals surface area contributed by atoms with Crippen LogP contribution in [0.3, 0.4) is 0 Å². The zero-order valence-corrected chi connectivity index (χ0v) is 12.4. The fourth-order valence-electron chi connectivity index (χ4n) is 2.08. The van der Waals surface area contributed by atoms with Gasteiger partial charge in [0.2, 0.25) is 0 Å². The lowest BCUT2D eigenvalue weighted by Crippen LogP contribution is -2.35. The highest BCUT2D eigenvalue weighted by molar-refractivity contribution is 6.53. The Morgan fingerprint density at radius 3 is 2.38 bits per heavy atom. The number of nitrogens with zero attached hydrogens (tertiary/aromatic N) is 1. The van der Waals surface area contributed by atoms with Gasteiger partial charge in [-0.05, 0) is 25.0 Å². The first-order valence-corrected chi connectivity index (χ1v) is 6.78. The molecule has 1 N–H and O–H groups in total. The summed E-state index contributed by atoms with van der Waals surface area (Å²) in [5.74, 6) is -0.801. The highest BCUT2D eigenvalue weighted by Crippen LogP contribution is 2.64. The van der Waals surface area contributed by atoms with Gasteiger partial charge in [-0.25, -0.2) is 5.06 Å². The molecule has 0 bridgehead atoms. The minimum absolute atomic E-state index is 0.139. The minimum Gasteiger partial charge on any atom is -0.286 e. The van der Waals surface area contributed by atoms with Crippen molar-refractivity contribution in [3.05, 3.63) is 35.4 Å². The molecule has 21 heavy (non-hydrogen) atoms. The Morgan fingerprint density at radius 2 is 1.90 bits per heavy atom. The van der Waals surface area contributed by atoms with Crippen molar-refractivity contribution in [3.63, 3.8) is 0 Å². The first-order valence-electron chi connectivity index (χ1n) is 6.03. The summed E-state index contributed by atoms with van der Waals surface area (Å²) in [7, 11) is 0. The van der Waals surface area contributed by atoms with Gasteiger partial charge < -0.3 is 0 Å². The largest absolute Gasteiger partial charge is 0.416 e. The number of halogens is 5. The molecule has 1 atom stereocenters. The quantitative estimate of drug-likeness (QED) is 0.512. The van der Waals surface area contributed by atoms with Crippen LogP contribution in [0.25, 0.3) is 0 Å². The molecule has 0 spiro atoms. The highest BCUT2D eigenvalue weighted by Gasteiger charge is 2.69. The maximum Gasteiger partial charge on any atom is 0.416 e. The van der Waals surface area contributed by atoms with Crippen LogP contribution < -0.4 is 0 Å². The third-order valence-electron chi connectivity index (χ3n) is 3.61. The number of hydrogen-bond acceptors (Lipinski definition) is 2. The topological polar surface area (TPSA) is 40.5 Å². The van der Waals surface area contributed by atoms with Crippen LogP contribution in [0.2, 0.25) is 0 Å². The highest BCUT2D eigenvalue weighted by atomic mass is 35.5. The van der Waals surface area contributed by atoms with Crippen LogP contribution >= 0.6 is 23.2 Å². The van der Waals surface area contributed by atoms with Gasteiger partial charge in [0.15, 0.2) is 0 Å². The van der Waals surface area contributed by atoms with Crippen LogP contribution in [0, 0.1) is 5.41 Å². The molecule has 1 aromatic rings. The summed E-state index contributed by atoms with van der Waals surface area (Å²) in [5.41, 5.74) is -2.29. The second-order valence-electron chi connectivity index (χ2n) is 5.23. The first kappa shape index (κ1) is 16.4. The van der Waals surface area contributed by atoms with Crippen molar-refractivity contribution < 1.29 is 23.2 Å². The summed E-state index contributed by atoms with van der Waals surface area (Å²) in [4.78, 5) is 12.0. The predicted octanol–water partition coefficient (Wildman–Crippen LogP) is 4.01. The number of carbonyl (C=O) groups excluding carboxylic acids is 1. The molecule has 1 saturated carbocycles. The zero-order chi connectivity index (χ0) is 16.1. The van der Waals surface area contributed by atoms with Gasteiger partial charge in [0.1, 0.15) is 4.33 Å². The summed E-state index contributed by atoms with van der Waals surface area (Å²) in [6, 6.07) is 4.72. The van der Waals surface area contributed by atoms with Crippen molar-refractivity contribution in [2.24, 2.45) is 5.41 Å². The second-order valence-corrected chi connectivity index (χ2v) is 6.71. The number of benzene rings is 1. The van der Waals surface area contributed by atoms with Gasteiger partial charge in [-0.2, -0.15) is 13.2 Å². The van der Waals surface area contributed by atoms with Crippen LogP contribution in [-0.2, 0) is 17.5 Å². The van der Waals surface area contributed by atoms with Gasteiger partial charge >= 0.3 is 6.18 Å². The molecule has 116 valence electrons. The van der Waals surface area contributed by atoms with E-state index < -0.39 is 33.9 Å². The van der Waals surface area contributed by atoms with Crippen molar-refractivity contribution in [3.8, 4) is 0 Å². The molecule has 0 radical (unpaired) electrons. The van der Waals surface area contributed by atoms with Crippen molar-refractivity contribution in [2.75, 3.05) is 0 Å². The zero-order valence-electron chi connectivity index (χ0n) is 10.9. The maximum atomic E-state index is 12.8. The van der Waals surface area contributed by atoms with Crippen molar-refractivity contribution >= 4 is 29.1 Å². The van der Waals surface area contributed by atoms with E-state index in [2.05, 4.69) is 0 Å². The van der Waals surface area contributed by atoms with Crippen molar-refractivity contribution in [1.82, 2.24) is 5.06 Å². The van der Waals surface area contributed by atoms with E-state index >= 15 is 0 Å². The molecule has 0 aliphatic heterocycles. The van der Waals surface area contributed by atoms with E-state index in [1.807, 2.05) is 0 Å². The van der Waals surface area contributed by atoms with E-state index in [4.69, 9.17) is 23.2 Å². The van der Waals surface area contributed by atoms with Gasteiger partial charge in [0, 0.05) is 0 Å². The molecular formula is C13H12Cl2F3NO2. The standard InChI is InChI=1S/C13H12Cl2F3NO2/c1-11(7-12(11,14)15)10(20)19(21)6-8-4-2-3-5-9(8)13(16,17)18/h2-5,21H,6-7H2,1H3. The Labute approximate surface area is 129 Å². The van der Waals surface area contributed by atoms with Crippen molar-refractivity contribution in [2.45, 2.75) is 30.4 Å². The number of amides is 1. The summed E-state index contributed by atoms with van der Waals surface area (Å²) >= 11 is 11.6. The molecule has 0 saturated heterocycles. The van der Waals surface area contributed by atoms with Gasteiger partial charge in [-0.3, -0.25) is 10.0 Å². The number of carbonyl (C=O) groups is 1. The second kappa shape index (κ2) is 5.04. The molecule has 0 heterocycles. The molecular weight excluding hydrogens is 330 g/mol. The predicted molar refractivity (Wildman–Crippen MR) is 70.9 cm³/mol. The molecule has 0 aromatic heterocycles. The molecule has 3 nitrogen and oxygen atoms in total. The Hall–Kier alpha value is -0.980. The Kier molecular flexibility index (Phi) is 3.93. The number of rotatable bonds is 3. The summed E-state index contributed by atoms with van der Waals surface area (Å²) in [5, 5.41) is 10.0. The van der Waals surface area contributed by atoms with E-state index in [1.165, 1.54) is 25.1 Å². The van der Waals surface area contributed by atoms with Gasteiger partial charge in [0.05, 0.1) is 17.5 Å².